The average Bonchev–Trinajstić information content (AvgIpc) is 3.18. The van der Waals surface area contributed by atoms with Crippen molar-refractivity contribution in [2.24, 2.45) is 11.8 Å². The predicted octanol–water partition coefficient (Wildman–Crippen LogP) is 11.4. The number of fused-ring (bicyclic) bond motifs is 2. The quantitative estimate of drug-likeness (QED) is 0.151. The van der Waals surface area contributed by atoms with E-state index in [2.05, 4.69) is 111 Å². The van der Waals surface area contributed by atoms with Crippen molar-refractivity contribution >= 4 is 22.4 Å². The van der Waals surface area contributed by atoms with E-state index in [0.717, 1.165) is 55.3 Å². The van der Waals surface area contributed by atoms with Gasteiger partial charge in [-0.1, -0.05) is 137 Å². The first kappa shape index (κ1) is 35.1. The highest BCUT2D eigenvalue weighted by Gasteiger charge is 2.33. The van der Waals surface area contributed by atoms with E-state index < -0.39 is 5.79 Å². The molecule has 5 aromatic carbocycles. The van der Waals surface area contributed by atoms with Gasteiger partial charge in [-0.2, -0.15) is 0 Å². The van der Waals surface area contributed by atoms with Crippen molar-refractivity contribution in [2.45, 2.75) is 115 Å². The van der Waals surface area contributed by atoms with Gasteiger partial charge in [-0.05, 0) is 147 Å². The van der Waals surface area contributed by atoms with E-state index in [1.54, 1.807) is 0 Å². The summed E-state index contributed by atoms with van der Waals surface area (Å²) in [5.41, 5.74) is 9.00. The minimum Gasteiger partial charge on any atom is -0.362 e. The fraction of sp³-hybridized carbons (Fsp3) is 0.400. The van der Waals surface area contributed by atoms with Gasteiger partial charge in [-0.25, -0.2) is 0 Å². The lowest BCUT2D eigenvalue weighted by molar-refractivity contribution is -0.103. The van der Waals surface area contributed by atoms with Gasteiger partial charge in [0, 0.05) is 12.0 Å². The topological polar surface area (TPSA) is 40.5 Å². The van der Waals surface area contributed by atoms with Crippen molar-refractivity contribution in [3.63, 3.8) is 0 Å². The Hall–Kier alpha value is -3.98. The van der Waals surface area contributed by atoms with Crippen LogP contribution in [0.2, 0.25) is 0 Å². The molecular formula is C50H56O2. The maximum absolute atomic E-state index is 11.7. The Morgan fingerprint density at radius 3 is 1.63 bits per heavy atom. The zero-order valence-corrected chi connectivity index (χ0v) is 31.3. The third-order valence-electron chi connectivity index (χ3n) is 13.0. The molecule has 0 radical (unpaired) electrons. The summed E-state index contributed by atoms with van der Waals surface area (Å²) in [6.45, 7) is 4.62. The van der Waals surface area contributed by atoms with Crippen LogP contribution in [-0.2, 0) is 0 Å². The van der Waals surface area contributed by atoms with E-state index >= 15 is 0 Å². The average molecular weight is 689 g/mol. The molecule has 0 spiro atoms. The van der Waals surface area contributed by atoms with Crippen LogP contribution in [0.15, 0.2) is 103 Å². The van der Waals surface area contributed by atoms with Crippen LogP contribution in [-0.4, -0.2) is 16.0 Å². The predicted molar refractivity (Wildman–Crippen MR) is 218 cm³/mol. The summed E-state index contributed by atoms with van der Waals surface area (Å²) in [4.78, 5) is 0. The van der Waals surface area contributed by atoms with Gasteiger partial charge in [0.15, 0.2) is 5.79 Å². The minimum atomic E-state index is -1.98. The van der Waals surface area contributed by atoms with E-state index in [0.29, 0.717) is 17.4 Å². The number of hydrogen-bond donors (Lipinski definition) is 2. The summed E-state index contributed by atoms with van der Waals surface area (Å²) in [5, 5.41) is 27.4. The number of aliphatic hydroxyl groups is 2. The highest BCUT2D eigenvalue weighted by Crippen LogP contribution is 2.40. The molecule has 2 nitrogen and oxygen atoms in total. The maximum atomic E-state index is 11.7. The Labute approximate surface area is 311 Å². The second-order valence-corrected chi connectivity index (χ2v) is 16.4. The second-order valence-electron chi connectivity index (χ2n) is 16.4. The third-order valence-corrected chi connectivity index (χ3v) is 13.0. The zero-order chi connectivity index (χ0) is 35.7. The Balaban J connectivity index is 1.12. The molecule has 0 aliphatic heterocycles. The summed E-state index contributed by atoms with van der Waals surface area (Å²) in [6, 6.07) is 37.8. The molecule has 2 saturated carbocycles. The van der Waals surface area contributed by atoms with Gasteiger partial charge < -0.3 is 10.2 Å². The molecule has 268 valence electrons. The van der Waals surface area contributed by atoms with Gasteiger partial charge in [-0.15, -0.1) is 0 Å². The molecule has 0 aromatic heterocycles. The molecule has 2 N–H and O–H groups in total. The van der Waals surface area contributed by atoms with Gasteiger partial charge in [0.05, 0.1) is 0 Å². The van der Waals surface area contributed by atoms with E-state index in [1.807, 2.05) is 12.1 Å². The van der Waals surface area contributed by atoms with E-state index in [-0.39, 0.29) is 6.42 Å². The summed E-state index contributed by atoms with van der Waals surface area (Å²) < 4.78 is 0. The first-order valence-corrected chi connectivity index (χ1v) is 20.4. The molecular weight excluding hydrogens is 633 g/mol. The number of hydrogen-bond acceptors (Lipinski definition) is 2. The molecule has 2 heteroatoms. The van der Waals surface area contributed by atoms with Crippen molar-refractivity contribution < 1.29 is 10.2 Å². The molecule has 8 rings (SSSR count). The first-order chi connectivity index (χ1) is 25.4. The van der Waals surface area contributed by atoms with Crippen LogP contribution in [0.1, 0.15) is 126 Å². The molecule has 52 heavy (non-hydrogen) atoms. The second kappa shape index (κ2) is 15.2. The standard InChI is InChI=1S/C50H56O2/c1-3-6-34-10-14-36(15-11-34)38-18-22-40(23-19-38)44-28-26-42-8-5-9-46(47(42)32-44)49-48-33-45(29-27-43(48)30-31-50(49,51)52)41-24-20-39(21-25-41)37-16-12-35(7-4-2)13-17-37/h5,8-9,18-30,32-37,51-52H,3-4,6-7,10-17,31H2,1-2H3. The Morgan fingerprint density at radius 1 is 0.558 bits per heavy atom. The Morgan fingerprint density at radius 2 is 1.08 bits per heavy atom. The van der Waals surface area contributed by atoms with Crippen molar-refractivity contribution in [1.82, 2.24) is 0 Å². The lowest BCUT2D eigenvalue weighted by Gasteiger charge is -2.29. The van der Waals surface area contributed by atoms with Crippen LogP contribution in [0.3, 0.4) is 0 Å². The lowest BCUT2D eigenvalue weighted by atomic mass is 9.77. The van der Waals surface area contributed by atoms with Crippen LogP contribution >= 0.6 is 0 Å². The smallest absolute Gasteiger partial charge is 0.194 e. The largest absolute Gasteiger partial charge is 0.362 e. The van der Waals surface area contributed by atoms with E-state index in [1.165, 1.54) is 93.7 Å². The van der Waals surface area contributed by atoms with Crippen LogP contribution in [0.5, 0.6) is 0 Å². The lowest BCUT2D eigenvalue weighted by Crippen LogP contribution is -2.43. The van der Waals surface area contributed by atoms with Gasteiger partial charge in [0.1, 0.15) is 0 Å². The van der Waals surface area contributed by atoms with E-state index in [4.69, 9.17) is 0 Å². The highest BCUT2D eigenvalue weighted by molar-refractivity contribution is 5.98. The van der Waals surface area contributed by atoms with Crippen LogP contribution in [0.25, 0.3) is 44.7 Å². The number of benzene rings is 5. The molecule has 5 aromatic rings. The molecule has 3 aliphatic carbocycles. The van der Waals surface area contributed by atoms with Crippen molar-refractivity contribution in [2.75, 3.05) is 0 Å². The van der Waals surface area contributed by atoms with Gasteiger partial charge in [0.2, 0.25) is 0 Å². The summed E-state index contributed by atoms with van der Waals surface area (Å²) in [7, 11) is 0. The molecule has 0 saturated heterocycles. The van der Waals surface area contributed by atoms with Gasteiger partial charge in [0.25, 0.3) is 0 Å². The van der Waals surface area contributed by atoms with Crippen molar-refractivity contribution in [3.05, 3.63) is 130 Å². The van der Waals surface area contributed by atoms with E-state index in [9.17, 15) is 10.2 Å². The highest BCUT2D eigenvalue weighted by atomic mass is 16.5. The zero-order valence-electron chi connectivity index (χ0n) is 31.3. The Kier molecular flexibility index (Phi) is 10.2. The third kappa shape index (κ3) is 7.17. The molecule has 0 amide bonds. The number of rotatable bonds is 9. The molecule has 0 unspecified atom stereocenters. The molecule has 0 bridgehead atoms. The normalized spacial score (nSPS) is 22.9. The minimum absolute atomic E-state index is 0.155. The fourth-order valence-electron chi connectivity index (χ4n) is 10.0. The van der Waals surface area contributed by atoms with Crippen molar-refractivity contribution in [3.8, 4) is 22.3 Å². The molecule has 3 aliphatic rings. The van der Waals surface area contributed by atoms with Crippen LogP contribution < -0.4 is 10.4 Å². The first-order valence-electron chi connectivity index (χ1n) is 20.4. The Bertz CT molecular complexity index is 2120. The monoisotopic (exact) mass is 688 g/mol. The molecule has 0 heterocycles. The molecule has 0 atom stereocenters. The summed E-state index contributed by atoms with van der Waals surface area (Å²) >= 11 is 0. The van der Waals surface area contributed by atoms with Crippen LogP contribution in [0, 0.1) is 11.8 Å². The SMILES string of the molecule is CCCC1CCC(c2ccc(-c3ccc4c(c3)=C(c3cccc5ccc(-c6ccc(C7CCC(CCC)CC7)cc6)cc35)C(O)(O)CC=4)cc2)CC1. The van der Waals surface area contributed by atoms with Gasteiger partial charge >= 0.3 is 0 Å². The molecule has 2 fully saturated rings. The maximum Gasteiger partial charge on any atom is 0.194 e. The van der Waals surface area contributed by atoms with Gasteiger partial charge in [-0.3, -0.25) is 0 Å². The summed E-state index contributed by atoms with van der Waals surface area (Å²) in [6.07, 6.45) is 18.1. The van der Waals surface area contributed by atoms with Crippen molar-refractivity contribution in [1.29, 1.82) is 0 Å². The summed E-state index contributed by atoms with van der Waals surface area (Å²) in [5.74, 6) is 1.18. The van der Waals surface area contributed by atoms with Crippen LogP contribution in [0.4, 0.5) is 0 Å². The fourth-order valence-corrected chi connectivity index (χ4v) is 10.0.